The number of benzene rings is 1. The van der Waals surface area contributed by atoms with Crippen molar-refractivity contribution < 1.29 is 9.53 Å². The molecule has 0 aliphatic carbocycles. The second kappa shape index (κ2) is 7.29. The molecule has 1 unspecified atom stereocenters. The van der Waals surface area contributed by atoms with E-state index in [0.717, 1.165) is 18.4 Å². The van der Waals surface area contributed by atoms with Crippen molar-refractivity contribution in [2.45, 2.75) is 52.1 Å². The molecule has 1 aromatic carbocycles. The van der Waals surface area contributed by atoms with E-state index >= 15 is 0 Å². The van der Waals surface area contributed by atoms with Gasteiger partial charge in [0, 0.05) is 5.54 Å². The van der Waals surface area contributed by atoms with Crippen LogP contribution in [0.3, 0.4) is 0 Å². The molecular weight excluding hydrogens is 238 g/mol. The van der Waals surface area contributed by atoms with E-state index in [4.69, 9.17) is 4.74 Å². The maximum atomic E-state index is 12.2. The van der Waals surface area contributed by atoms with Crippen molar-refractivity contribution in [1.82, 2.24) is 5.32 Å². The Bertz CT molecular complexity index is 385. The van der Waals surface area contributed by atoms with Crippen LogP contribution in [-0.4, -0.2) is 18.1 Å². The lowest BCUT2D eigenvalue weighted by Crippen LogP contribution is -2.46. The summed E-state index contributed by atoms with van der Waals surface area (Å²) in [6, 6.07) is 9.35. The van der Waals surface area contributed by atoms with Crippen molar-refractivity contribution in [3.05, 3.63) is 35.9 Å². The molecular formula is C16H25NO2. The van der Waals surface area contributed by atoms with E-state index in [2.05, 4.69) is 26.1 Å². The minimum Gasteiger partial charge on any atom is -0.465 e. The van der Waals surface area contributed by atoms with Gasteiger partial charge in [0.15, 0.2) is 0 Å². The Morgan fingerprint density at radius 2 is 1.79 bits per heavy atom. The van der Waals surface area contributed by atoms with Gasteiger partial charge in [0.05, 0.1) is 6.61 Å². The van der Waals surface area contributed by atoms with Crippen molar-refractivity contribution in [2.75, 3.05) is 6.61 Å². The van der Waals surface area contributed by atoms with Gasteiger partial charge in [-0.2, -0.15) is 0 Å². The van der Waals surface area contributed by atoms with Crippen LogP contribution in [0.1, 0.15) is 52.1 Å². The Balaban J connectivity index is 2.97. The molecule has 0 bridgehead atoms. The summed E-state index contributed by atoms with van der Waals surface area (Å²) >= 11 is 0. The highest BCUT2D eigenvalue weighted by atomic mass is 16.5. The van der Waals surface area contributed by atoms with Crippen LogP contribution in [0.25, 0.3) is 0 Å². The summed E-state index contributed by atoms with van der Waals surface area (Å²) in [6.45, 7) is 8.63. The molecule has 0 saturated carbocycles. The van der Waals surface area contributed by atoms with Crippen LogP contribution in [0.5, 0.6) is 0 Å². The second-order valence-corrected chi connectivity index (χ2v) is 5.01. The van der Waals surface area contributed by atoms with E-state index in [0.29, 0.717) is 6.61 Å². The van der Waals surface area contributed by atoms with Crippen molar-refractivity contribution in [3.8, 4) is 0 Å². The third kappa shape index (κ3) is 4.35. The normalized spacial score (nSPS) is 13.1. The van der Waals surface area contributed by atoms with Crippen molar-refractivity contribution in [2.24, 2.45) is 0 Å². The minimum absolute atomic E-state index is 0.0622. The van der Waals surface area contributed by atoms with Crippen LogP contribution in [-0.2, 0) is 9.53 Å². The van der Waals surface area contributed by atoms with E-state index < -0.39 is 6.04 Å². The number of hydrogen-bond donors (Lipinski definition) is 1. The van der Waals surface area contributed by atoms with Gasteiger partial charge in [-0.3, -0.25) is 5.32 Å². The Labute approximate surface area is 116 Å². The third-order valence-corrected chi connectivity index (χ3v) is 3.71. The molecule has 0 aliphatic rings. The van der Waals surface area contributed by atoms with Crippen LogP contribution in [0.15, 0.2) is 30.3 Å². The molecule has 3 heteroatoms. The molecule has 0 amide bonds. The topological polar surface area (TPSA) is 38.3 Å². The summed E-state index contributed by atoms with van der Waals surface area (Å²) in [5, 5.41) is 3.46. The lowest BCUT2D eigenvalue weighted by molar-refractivity contribution is -0.146. The van der Waals surface area contributed by atoms with Crippen LogP contribution >= 0.6 is 0 Å². The van der Waals surface area contributed by atoms with Gasteiger partial charge in [0.1, 0.15) is 6.04 Å². The van der Waals surface area contributed by atoms with Crippen LogP contribution in [0.4, 0.5) is 0 Å². The van der Waals surface area contributed by atoms with Gasteiger partial charge in [-0.1, -0.05) is 44.2 Å². The maximum absolute atomic E-state index is 12.2. The molecule has 19 heavy (non-hydrogen) atoms. The second-order valence-electron chi connectivity index (χ2n) is 5.01. The zero-order chi connectivity index (χ0) is 14.3. The summed E-state index contributed by atoms with van der Waals surface area (Å²) in [7, 11) is 0. The molecule has 0 heterocycles. The molecule has 0 aromatic heterocycles. The Morgan fingerprint density at radius 3 is 2.26 bits per heavy atom. The van der Waals surface area contributed by atoms with E-state index in [1.807, 2.05) is 37.3 Å². The quantitative estimate of drug-likeness (QED) is 0.766. The van der Waals surface area contributed by atoms with Gasteiger partial charge in [0.25, 0.3) is 0 Å². The van der Waals surface area contributed by atoms with Crippen molar-refractivity contribution in [1.29, 1.82) is 0 Å². The van der Waals surface area contributed by atoms with E-state index in [9.17, 15) is 4.79 Å². The largest absolute Gasteiger partial charge is 0.465 e. The fourth-order valence-electron chi connectivity index (χ4n) is 1.95. The highest BCUT2D eigenvalue weighted by Gasteiger charge is 2.29. The summed E-state index contributed by atoms with van der Waals surface area (Å²) in [6.07, 6.45) is 1.93. The van der Waals surface area contributed by atoms with Gasteiger partial charge in [0.2, 0.25) is 0 Å². The first-order valence-corrected chi connectivity index (χ1v) is 7.05. The fraction of sp³-hybridized carbons (Fsp3) is 0.562. The maximum Gasteiger partial charge on any atom is 0.327 e. The monoisotopic (exact) mass is 263 g/mol. The van der Waals surface area contributed by atoms with Crippen LogP contribution < -0.4 is 5.32 Å². The zero-order valence-corrected chi connectivity index (χ0v) is 12.4. The average Bonchev–Trinajstić information content (AvgIpc) is 2.45. The number of carbonyl (C=O) groups excluding carboxylic acids is 1. The highest BCUT2D eigenvalue weighted by molar-refractivity contribution is 5.77. The Kier molecular flexibility index (Phi) is 6.03. The lowest BCUT2D eigenvalue weighted by atomic mass is 9.93. The molecule has 0 saturated heterocycles. The average molecular weight is 263 g/mol. The number of rotatable bonds is 7. The highest BCUT2D eigenvalue weighted by Crippen LogP contribution is 2.22. The summed E-state index contributed by atoms with van der Waals surface area (Å²) in [4.78, 5) is 12.2. The van der Waals surface area contributed by atoms with Gasteiger partial charge < -0.3 is 4.74 Å². The van der Waals surface area contributed by atoms with Gasteiger partial charge in [-0.15, -0.1) is 0 Å². The van der Waals surface area contributed by atoms with Crippen molar-refractivity contribution >= 4 is 5.97 Å². The zero-order valence-electron chi connectivity index (χ0n) is 12.4. The molecule has 0 fully saturated rings. The third-order valence-electron chi connectivity index (χ3n) is 3.71. The molecule has 1 aromatic rings. The summed E-state index contributed by atoms with van der Waals surface area (Å²) < 4.78 is 5.19. The number of nitrogens with one attached hydrogen (secondary N) is 1. The summed E-state index contributed by atoms with van der Waals surface area (Å²) in [5.74, 6) is -0.207. The van der Waals surface area contributed by atoms with Crippen LogP contribution in [0.2, 0.25) is 0 Å². The molecule has 1 rings (SSSR count). The first-order valence-electron chi connectivity index (χ1n) is 7.05. The first kappa shape index (κ1) is 15.7. The van der Waals surface area contributed by atoms with E-state index in [1.54, 1.807) is 0 Å². The molecule has 3 nitrogen and oxygen atoms in total. The smallest absolute Gasteiger partial charge is 0.327 e. The number of ether oxygens (including phenoxy) is 1. The molecule has 106 valence electrons. The number of hydrogen-bond acceptors (Lipinski definition) is 3. The predicted molar refractivity (Wildman–Crippen MR) is 77.9 cm³/mol. The molecule has 1 N–H and O–H groups in total. The minimum atomic E-state index is -0.397. The van der Waals surface area contributed by atoms with Gasteiger partial charge >= 0.3 is 5.97 Å². The molecule has 0 radical (unpaired) electrons. The van der Waals surface area contributed by atoms with Gasteiger partial charge in [-0.05, 0) is 32.3 Å². The van der Waals surface area contributed by atoms with Gasteiger partial charge in [-0.25, -0.2) is 4.79 Å². The number of esters is 1. The van der Waals surface area contributed by atoms with Crippen LogP contribution in [0, 0.1) is 0 Å². The predicted octanol–water partition coefficient (Wildman–Crippen LogP) is 3.46. The molecule has 0 spiro atoms. The Hall–Kier alpha value is -1.35. The molecule has 0 aliphatic heterocycles. The van der Waals surface area contributed by atoms with E-state index in [1.165, 1.54) is 0 Å². The SMILES string of the molecule is CCOC(=O)C(NC(C)(CC)CC)c1ccccc1. The number of carbonyl (C=O) groups is 1. The summed E-state index contributed by atoms with van der Waals surface area (Å²) in [5.41, 5.74) is 0.891. The Morgan fingerprint density at radius 1 is 1.21 bits per heavy atom. The standard InChI is InChI=1S/C16H25NO2/c1-5-16(4,6-2)17-14(15(18)19-7-3)13-11-9-8-10-12-13/h8-12,14,17H,5-7H2,1-4H3. The molecule has 1 atom stereocenters. The van der Waals surface area contributed by atoms with Crippen molar-refractivity contribution in [3.63, 3.8) is 0 Å². The fourth-order valence-corrected chi connectivity index (χ4v) is 1.95. The first-order chi connectivity index (χ1) is 9.06. The van der Waals surface area contributed by atoms with E-state index in [-0.39, 0.29) is 11.5 Å². The lowest BCUT2D eigenvalue weighted by Gasteiger charge is -2.32.